The maximum atomic E-state index is 13.3. The van der Waals surface area contributed by atoms with Crippen molar-refractivity contribution in [3.8, 4) is 5.82 Å². The number of hydrogen-bond donors (Lipinski definition) is 3. The first-order valence-electron chi connectivity index (χ1n) is 22.0. The van der Waals surface area contributed by atoms with E-state index in [-0.39, 0.29) is 67.7 Å². The number of benzene rings is 1. The van der Waals surface area contributed by atoms with Crippen LogP contribution in [0.5, 0.6) is 0 Å². The number of piperidine rings is 1. The van der Waals surface area contributed by atoms with Gasteiger partial charge in [-0.2, -0.15) is 10.2 Å². The van der Waals surface area contributed by atoms with E-state index in [9.17, 15) is 24.0 Å². The molecule has 0 spiro atoms. The smallest absolute Gasteiger partial charge is 0.264 e. The molecule has 1 aromatic carbocycles. The average Bonchev–Trinajstić information content (AvgIpc) is 4.02. The highest BCUT2D eigenvalue weighted by Crippen LogP contribution is 2.34. The number of ether oxygens (including phenoxy) is 5. The van der Waals surface area contributed by atoms with E-state index in [1.165, 1.54) is 9.58 Å². The number of carbonyl (C=O) groups is 5. The van der Waals surface area contributed by atoms with Crippen LogP contribution in [0, 0.1) is 0 Å². The maximum Gasteiger partial charge on any atom is 0.264 e. The number of ketones is 1. The molecule has 4 aromatic heterocycles. The number of anilines is 1. The van der Waals surface area contributed by atoms with Crippen LogP contribution in [-0.4, -0.2) is 136 Å². The summed E-state index contributed by atoms with van der Waals surface area (Å²) in [4.78, 5) is 73.8. The Bertz CT molecular complexity index is 2660. The van der Waals surface area contributed by atoms with Crippen LogP contribution in [-0.2, 0) is 57.5 Å². The Morgan fingerprint density at radius 1 is 0.912 bits per heavy atom. The van der Waals surface area contributed by atoms with Gasteiger partial charge in [0, 0.05) is 93.1 Å². The van der Waals surface area contributed by atoms with Crippen molar-refractivity contribution in [3.63, 3.8) is 0 Å². The Morgan fingerprint density at radius 2 is 1.65 bits per heavy atom. The highest BCUT2D eigenvalue weighted by atomic mass is 35.5. The van der Waals surface area contributed by atoms with Gasteiger partial charge in [0.25, 0.3) is 11.8 Å². The monoisotopic (exact) mass is 974 g/mol. The summed E-state index contributed by atoms with van der Waals surface area (Å²) in [7, 11) is 1.58. The van der Waals surface area contributed by atoms with Crippen molar-refractivity contribution in [2.45, 2.75) is 57.7 Å². The molecule has 1 fully saturated rings. The molecule has 0 saturated carbocycles. The first-order valence-corrected chi connectivity index (χ1v) is 22.7. The van der Waals surface area contributed by atoms with E-state index >= 15 is 0 Å². The van der Waals surface area contributed by atoms with Gasteiger partial charge in [-0.25, -0.2) is 19.2 Å². The van der Waals surface area contributed by atoms with E-state index in [0.717, 1.165) is 5.56 Å². The molecule has 2 aliphatic rings. The maximum absolute atomic E-state index is 13.3. The van der Waals surface area contributed by atoms with Gasteiger partial charge in [0.05, 0.1) is 93.0 Å². The van der Waals surface area contributed by atoms with Gasteiger partial charge >= 0.3 is 0 Å². The quantitative estimate of drug-likeness (QED) is 0.0520. The number of Topliss-reactive ketones (excluding diaryl/α,β-unsaturated/α-hetero) is 1. The summed E-state index contributed by atoms with van der Waals surface area (Å²) in [5, 5.41) is 17.9. The number of aromatic nitrogens is 6. The molecular weight excluding hydrogens is 923 g/mol. The van der Waals surface area contributed by atoms with E-state index in [2.05, 4.69) is 42.7 Å². The lowest BCUT2D eigenvalue weighted by molar-refractivity contribution is -0.123. The molecule has 1 unspecified atom stereocenters. The Morgan fingerprint density at radius 3 is 2.37 bits per heavy atom. The number of hydrogen-bond acceptors (Lipinski definition) is 15. The molecule has 0 aliphatic carbocycles. The summed E-state index contributed by atoms with van der Waals surface area (Å²) in [6.07, 6.45) is 7.08. The average molecular weight is 976 g/mol. The molecule has 1 saturated heterocycles. The number of amides is 4. The first-order chi connectivity index (χ1) is 32.9. The minimum Gasteiger partial charge on any atom is -0.382 e. The van der Waals surface area contributed by atoms with E-state index in [1.54, 1.807) is 66.7 Å². The molecule has 360 valence electrons. The topological polar surface area (TPSA) is 232 Å². The third kappa shape index (κ3) is 12.5. The number of carbonyl (C=O) groups excluding carboxylic acids is 5. The van der Waals surface area contributed by atoms with E-state index in [0.29, 0.717) is 115 Å². The number of rotatable bonds is 26. The van der Waals surface area contributed by atoms with E-state index < -0.39 is 17.9 Å². The van der Waals surface area contributed by atoms with Gasteiger partial charge in [-0.1, -0.05) is 35.8 Å². The zero-order chi connectivity index (χ0) is 48.2. The van der Waals surface area contributed by atoms with Crippen molar-refractivity contribution in [2.75, 3.05) is 71.8 Å². The molecule has 2 aliphatic heterocycles. The molecule has 68 heavy (non-hydrogen) atoms. The summed E-state index contributed by atoms with van der Waals surface area (Å²) < 4.78 is 30.9. The van der Waals surface area contributed by atoms with Gasteiger partial charge in [-0.15, -0.1) is 0 Å². The van der Waals surface area contributed by atoms with Gasteiger partial charge in [0.1, 0.15) is 5.78 Å². The number of nitrogens with zero attached hydrogens (tertiary/aromatic N) is 7. The predicted octanol–water partition coefficient (Wildman–Crippen LogP) is 4.25. The summed E-state index contributed by atoms with van der Waals surface area (Å²) in [6, 6.07) is 7.81. The Labute approximate surface area is 401 Å². The second kappa shape index (κ2) is 23.7. The molecule has 4 amide bonds. The summed E-state index contributed by atoms with van der Waals surface area (Å²) in [5.74, 6) is -0.900. The van der Waals surface area contributed by atoms with Gasteiger partial charge in [-0.05, 0) is 37.1 Å². The second-order valence-electron chi connectivity index (χ2n) is 15.9. The highest BCUT2D eigenvalue weighted by Gasteiger charge is 2.43. The van der Waals surface area contributed by atoms with E-state index in [4.69, 9.17) is 46.9 Å². The molecule has 2 atom stereocenters. The molecular formula is C46H52Cl2N10O10. The van der Waals surface area contributed by atoms with Crippen molar-refractivity contribution < 1.29 is 47.7 Å². The normalized spacial score (nSPS) is 15.2. The van der Waals surface area contributed by atoms with E-state index in [1.807, 2.05) is 6.92 Å². The fraction of sp³-hybridized carbons (Fsp3) is 0.413. The molecule has 0 radical (unpaired) electrons. The fourth-order valence-corrected chi connectivity index (χ4v) is 8.15. The van der Waals surface area contributed by atoms with Gasteiger partial charge in [0.2, 0.25) is 11.8 Å². The van der Waals surface area contributed by atoms with Crippen LogP contribution in [0.25, 0.3) is 11.5 Å². The number of methoxy groups -OCH3 is 1. The number of halogens is 2. The van der Waals surface area contributed by atoms with Crippen LogP contribution in [0.4, 0.5) is 5.69 Å². The van der Waals surface area contributed by atoms with Crippen LogP contribution in [0.15, 0.2) is 67.4 Å². The van der Waals surface area contributed by atoms with Crippen molar-refractivity contribution in [2.24, 2.45) is 0 Å². The predicted molar refractivity (Wildman–Crippen MR) is 248 cm³/mol. The minimum atomic E-state index is -0.589. The lowest BCUT2D eigenvalue weighted by Gasteiger charge is -2.31. The van der Waals surface area contributed by atoms with Crippen LogP contribution in [0.3, 0.4) is 0 Å². The SMILES string of the molecule is C=C1NC(=O)CCC1N1C(=O)c2cccc(NCCOCCOCCOCCOCCC(=O)NCc3cnn(-c4ncc(CC(=O)Cc5cnc6cc(Cl)nn6c5[C@H](C)OC)cc4Cl)c3)c2C1=O. The van der Waals surface area contributed by atoms with Crippen LogP contribution in [0.2, 0.25) is 10.2 Å². The van der Waals surface area contributed by atoms with Gasteiger partial charge < -0.3 is 39.6 Å². The third-order valence-corrected chi connectivity index (χ3v) is 11.5. The lowest BCUT2D eigenvalue weighted by atomic mass is 10.0. The molecule has 0 bridgehead atoms. The highest BCUT2D eigenvalue weighted by molar-refractivity contribution is 6.32. The molecule has 22 heteroatoms. The molecule has 5 aromatic rings. The van der Waals surface area contributed by atoms with Crippen molar-refractivity contribution in [1.29, 1.82) is 0 Å². The minimum absolute atomic E-state index is 0.0779. The number of imide groups is 1. The summed E-state index contributed by atoms with van der Waals surface area (Å²) in [5.41, 5.74) is 4.78. The Kier molecular flexibility index (Phi) is 17.4. The number of fused-ring (bicyclic) bond motifs is 2. The van der Waals surface area contributed by atoms with Crippen molar-refractivity contribution in [3.05, 3.63) is 111 Å². The summed E-state index contributed by atoms with van der Waals surface area (Å²) >= 11 is 12.7. The molecule has 3 N–H and O–H groups in total. The zero-order valence-electron chi connectivity index (χ0n) is 37.6. The standard InChI is InChI=1S/C46H52Cl2N10O10/c1-28-37(7-8-41(61)54-28)57-45(62)34-5-4-6-36(42(34)46(57)63)49-10-12-66-14-16-68-18-17-67-15-13-65-11-9-40(60)51-24-31-25-53-56(27-31)44-35(47)20-30(23-52-44)19-33(59)21-32-26-50-39-22-38(48)55-58(39)43(32)29(2)64-3/h4-6,20,22-23,25-27,29,37,49H,1,7-19,21,24H2,2-3H3,(H,51,60)(H,54,61)/t29-,37?/m0/s1. The van der Waals surface area contributed by atoms with Crippen molar-refractivity contribution >= 4 is 63.9 Å². The first kappa shape index (κ1) is 49.8. The van der Waals surface area contributed by atoms with Crippen LogP contribution < -0.4 is 16.0 Å². The summed E-state index contributed by atoms with van der Waals surface area (Å²) in [6.45, 7) is 9.02. The van der Waals surface area contributed by atoms with Crippen LogP contribution in [0.1, 0.15) is 75.4 Å². The lowest BCUT2D eigenvalue weighted by Crippen LogP contribution is -2.48. The number of nitrogens with one attached hydrogen (secondary N) is 3. The van der Waals surface area contributed by atoms with Gasteiger partial charge in [-0.3, -0.25) is 28.9 Å². The third-order valence-electron chi connectivity index (χ3n) is 11.1. The van der Waals surface area contributed by atoms with Gasteiger partial charge in [0.15, 0.2) is 16.6 Å². The Balaban J connectivity index is 0.706. The van der Waals surface area contributed by atoms with Crippen molar-refractivity contribution in [1.82, 2.24) is 44.9 Å². The Hall–Kier alpha value is -6.13. The molecule has 20 nitrogen and oxygen atoms in total. The molecule has 7 rings (SSSR count). The fourth-order valence-electron chi connectivity index (χ4n) is 7.70. The second-order valence-corrected chi connectivity index (χ2v) is 16.7. The largest absolute Gasteiger partial charge is 0.382 e. The van der Waals surface area contributed by atoms with Crippen LogP contribution >= 0.6 is 23.2 Å². The zero-order valence-corrected chi connectivity index (χ0v) is 39.1. The molecule has 6 heterocycles. The number of pyridine rings is 1.